The van der Waals surface area contributed by atoms with Gasteiger partial charge in [-0.1, -0.05) is 35.3 Å². The predicted molar refractivity (Wildman–Crippen MR) is 135 cm³/mol. The van der Waals surface area contributed by atoms with Gasteiger partial charge in [-0.25, -0.2) is 4.99 Å². The van der Waals surface area contributed by atoms with E-state index in [2.05, 4.69) is 0 Å². The van der Waals surface area contributed by atoms with Gasteiger partial charge in [-0.3, -0.25) is 9.69 Å². The van der Waals surface area contributed by atoms with Crippen LogP contribution in [0.15, 0.2) is 82.7 Å². The molecule has 0 spiro atoms. The van der Waals surface area contributed by atoms with Crippen LogP contribution in [0.2, 0.25) is 10.0 Å². The van der Waals surface area contributed by atoms with E-state index in [1.807, 2.05) is 56.3 Å². The number of thioether (sulfide) groups is 1. The van der Waals surface area contributed by atoms with Crippen LogP contribution in [-0.2, 0) is 4.79 Å². The lowest BCUT2D eigenvalue weighted by Crippen LogP contribution is -2.28. The van der Waals surface area contributed by atoms with E-state index in [0.717, 1.165) is 11.3 Å². The Hall–Kier alpha value is -2.73. The van der Waals surface area contributed by atoms with Crippen LogP contribution >= 0.6 is 35.0 Å². The maximum absolute atomic E-state index is 13.3. The molecule has 4 rings (SSSR count). The zero-order chi connectivity index (χ0) is 22.7. The fraction of sp³-hybridized carbons (Fsp3) is 0.120. The molecule has 1 saturated heterocycles. The number of ether oxygens (including phenoxy) is 1. The molecule has 1 fully saturated rings. The van der Waals surface area contributed by atoms with Gasteiger partial charge >= 0.3 is 0 Å². The lowest BCUT2D eigenvalue weighted by molar-refractivity contribution is -0.113. The minimum Gasteiger partial charge on any atom is -0.491 e. The van der Waals surface area contributed by atoms with Gasteiger partial charge < -0.3 is 4.74 Å². The molecular formula is C25H20Cl2N2O2S. The molecule has 0 bridgehead atoms. The lowest BCUT2D eigenvalue weighted by Gasteiger charge is -2.15. The number of hydrogen-bond donors (Lipinski definition) is 0. The average Bonchev–Trinajstić information content (AvgIpc) is 3.06. The Labute approximate surface area is 201 Å². The summed E-state index contributed by atoms with van der Waals surface area (Å²) in [7, 11) is 0. The van der Waals surface area contributed by atoms with E-state index in [0.29, 0.717) is 31.5 Å². The quantitative estimate of drug-likeness (QED) is 0.351. The number of amides is 1. The van der Waals surface area contributed by atoms with Crippen LogP contribution in [0, 0.1) is 0 Å². The van der Waals surface area contributed by atoms with E-state index < -0.39 is 0 Å². The van der Waals surface area contributed by atoms with Gasteiger partial charge in [-0.15, -0.1) is 0 Å². The molecule has 1 heterocycles. The molecular weight excluding hydrogens is 463 g/mol. The molecule has 0 N–H and O–H groups in total. The van der Waals surface area contributed by atoms with Crippen molar-refractivity contribution in [2.24, 2.45) is 4.99 Å². The Kier molecular flexibility index (Phi) is 6.89. The van der Waals surface area contributed by atoms with Crippen molar-refractivity contribution in [3.05, 3.63) is 93.3 Å². The second kappa shape index (κ2) is 9.82. The van der Waals surface area contributed by atoms with Crippen LogP contribution in [0.1, 0.15) is 19.4 Å². The number of amidine groups is 1. The highest BCUT2D eigenvalue weighted by Crippen LogP contribution is 2.38. The van der Waals surface area contributed by atoms with E-state index >= 15 is 0 Å². The van der Waals surface area contributed by atoms with Crippen molar-refractivity contribution in [2.75, 3.05) is 4.90 Å². The van der Waals surface area contributed by atoms with Gasteiger partial charge in [0.2, 0.25) is 0 Å². The number of nitrogens with zero attached hydrogens (tertiary/aromatic N) is 2. The Balaban J connectivity index is 1.69. The van der Waals surface area contributed by atoms with Crippen molar-refractivity contribution in [2.45, 2.75) is 20.0 Å². The van der Waals surface area contributed by atoms with Crippen molar-refractivity contribution in [1.82, 2.24) is 0 Å². The second-order valence-corrected chi connectivity index (χ2v) is 9.22. The molecule has 7 heteroatoms. The van der Waals surface area contributed by atoms with E-state index in [-0.39, 0.29) is 12.0 Å². The summed E-state index contributed by atoms with van der Waals surface area (Å²) in [6, 6.07) is 21.9. The van der Waals surface area contributed by atoms with Gasteiger partial charge in [0, 0.05) is 10.0 Å². The summed E-state index contributed by atoms with van der Waals surface area (Å²) in [5.41, 5.74) is 2.31. The molecule has 4 nitrogen and oxygen atoms in total. The third-order valence-corrected chi connectivity index (χ3v) is 5.97. The fourth-order valence-corrected chi connectivity index (χ4v) is 4.31. The molecule has 1 aliphatic rings. The summed E-state index contributed by atoms with van der Waals surface area (Å²) in [5, 5.41) is 1.79. The fourth-order valence-electron chi connectivity index (χ4n) is 3.06. The molecule has 0 radical (unpaired) electrons. The van der Waals surface area contributed by atoms with Crippen molar-refractivity contribution in [3.8, 4) is 5.75 Å². The SMILES string of the molecule is CC(C)Oc1ccc(C=C2SC(=Nc3ccc(Cl)cc3)N(c3ccc(Cl)cc3)C2=O)cc1. The number of aliphatic imine (C=N–C) groups is 1. The van der Waals surface area contributed by atoms with Crippen LogP contribution in [-0.4, -0.2) is 17.2 Å². The zero-order valence-electron chi connectivity index (χ0n) is 17.5. The van der Waals surface area contributed by atoms with Crippen LogP contribution in [0.5, 0.6) is 5.75 Å². The first-order chi connectivity index (χ1) is 15.4. The van der Waals surface area contributed by atoms with E-state index in [1.165, 1.54) is 11.8 Å². The molecule has 0 aromatic heterocycles. The van der Waals surface area contributed by atoms with Crippen molar-refractivity contribution >= 4 is 63.5 Å². The number of carbonyl (C=O) groups is 1. The number of hydrogen-bond acceptors (Lipinski definition) is 4. The Bertz CT molecular complexity index is 1170. The average molecular weight is 483 g/mol. The normalized spacial score (nSPS) is 16.4. The van der Waals surface area contributed by atoms with Crippen LogP contribution < -0.4 is 9.64 Å². The Morgan fingerprint density at radius 2 is 1.50 bits per heavy atom. The lowest BCUT2D eigenvalue weighted by atomic mass is 10.2. The van der Waals surface area contributed by atoms with E-state index in [4.69, 9.17) is 32.9 Å². The highest BCUT2D eigenvalue weighted by atomic mass is 35.5. The minimum atomic E-state index is -0.146. The molecule has 1 amide bonds. The molecule has 1 aliphatic heterocycles. The highest BCUT2D eigenvalue weighted by Gasteiger charge is 2.34. The topological polar surface area (TPSA) is 41.9 Å². The monoisotopic (exact) mass is 482 g/mol. The van der Waals surface area contributed by atoms with Gasteiger partial charge in [-0.2, -0.15) is 0 Å². The first-order valence-corrected chi connectivity index (χ1v) is 11.6. The summed E-state index contributed by atoms with van der Waals surface area (Å²) in [6.07, 6.45) is 1.96. The minimum absolute atomic E-state index is 0.103. The number of rotatable bonds is 5. The molecule has 0 atom stereocenters. The number of halogens is 2. The van der Waals surface area contributed by atoms with Crippen molar-refractivity contribution < 1.29 is 9.53 Å². The summed E-state index contributed by atoms with van der Waals surface area (Å²) < 4.78 is 5.70. The molecule has 3 aromatic carbocycles. The molecule has 0 unspecified atom stereocenters. The Morgan fingerprint density at radius 3 is 2.09 bits per heavy atom. The van der Waals surface area contributed by atoms with Crippen molar-refractivity contribution in [1.29, 1.82) is 0 Å². The largest absolute Gasteiger partial charge is 0.491 e. The number of carbonyl (C=O) groups excluding carboxylic acids is 1. The predicted octanol–water partition coefficient (Wildman–Crippen LogP) is 7.59. The Morgan fingerprint density at radius 1 is 0.906 bits per heavy atom. The van der Waals surface area contributed by atoms with Crippen LogP contribution in [0.4, 0.5) is 11.4 Å². The summed E-state index contributed by atoms with van der Waals surface area (Å²) in [6.45, 7) is 3.97. The van der Waals surface area contributed by atoms with Gasteiger partial charge in [0.25, 0.3) is 5.91 Å². The van der Waals surface area contributed by atoms with Crippen molar-refractivity contribution in [3.63, 3.8) is 0 Å². The third-order valence-electron chi connectivity index (χ3n) is 4.49. The highest BCUT2D eigenvalue weighted by molar-refractivity contribution is 8.19. The number of benzene rings is 3. The van der Waals surface area contributed by atoms with Gasteiger partial charge in [-0.05, 0) is 97.9 Å². The van der Waals surface area contributed by atoms with Crippen LogP contribution in [0.3, 0.4) is 0 Å². The standard InChI is InChI=1S/C25H20Cl2N2O2S/c1-16(2)31-22-13-3-17(4-14-22)15-23-24(30)29(21-11-7-19(27)8-12-21)25(32-23)28-20-9-5-18(26)6-10-20/h3-16H,1-2H3. The first-order valence-electron chi connectivity index (χ1n) is 9.99. The van der Waals surface area contributed by atoms with E-state index in [1.54, 1.807) is 41.3 Å². The molecule has 162 valence electrons. The van der Waals surface area contributed by atoms with Gasteiger partial charge in [0.15, 0.2) is 5.17 Å². The molecule has 0 aliphatic carbocycles. The summed E-state index contributed by atoms with van der Waals surface area (Å²) >= 11 is 13.4. The van der Waals surface area contributed by atoms with Gasteiger partial charge in [0.1, 0.15) is 5.75 Å². The third kappa shape index (κ3) is 5.36. The number of anilines is 1. The maximum atomic E-state index is 13.3. The summed E-state index contributed by atoms with van der Waals surface area (Å²) in [4.78, 5) is 20.2. The molecule has 32 heavy (non-hydrogen) atoms. The first kappa shape index (κ1) is 22.5. The molecule has 0 saturated carbocycles. The van der Waals surface area contributed by atoms with E-state index in [9.17, 15) is 4.79 Å². The molecule has 3 aromatic rings. The second-order valence-electron chi connectivity index (χ2n) is 7.33. The summed E-state index contributed by atoms with van der Waals surface area (Å²) in [5.74, 6) is 0.646. The van der Waals surface area contributed by atoms with Crippen LogP contribution in [0.25, 0.3) is 6.08 Å². The maximum Gasteiger partial charge on any atom is 0.271 e. The zero-order valence-corrected chi connectivity index (χ0v) is 19.8. The van der Waals surface area contributed by atoms with Gasteiger partial charge in [0.05, 0.1) is 22.4 Å². The smallest absolute Gasteiger partial charge is 0.271 e.